The van der Waals surface area contributed by atoms with Crippen molar-refractivity contribution < 1.29 is 9.00 Å². The number of rotatable bonds is 4. The van der Waals surface area contributed by atoms with Gasteiger partial charge in [0.1, 0.15) is 5.69 Å². The molecule has 1 atom stereocenters. The van der Waals surface area contributed by atoms with Crippen LogP contribution >= 0.6 is 0 Å². The molecule has 3 nitrogen and oxygen atoms in total. The quantitative estimate of drug-likeness (QED) is 0.792. The average molecular weight is 259 g/mol. The van der Waals surface area contributed by atoms with Gasteiger partial charge in [-0.25, -0.2) is 0 Å². The van der Waals surface area contributed by atoms with E-state index in [1.165, 1.54) is 0 Å². The molecule has 0 aliphatic carbocycles. The predicted molar refractivity (Wildman–Crippen MR) is 71.0 cm³/mol. The zero-order valence-corrected chi connectivity index (χ0v) is 10.8. The smallest absolute Gasteiger partial charge is 0.193 e. The number of hydrogen-bond acceptors (Lipinski definition) is 3. The number of aromatic nitrogens is 1. The Morgan fingerprint density at radius 1 is 1.17 bits per heavy atom. The first-order valence-corrected chi connectivity index (χ1v) is 6.88. The lowest BCUT2D eigenvalue weighted by Gasteiger charge is -2.02. The first-order valence-electron chi connectivity index (χ1n) is 5.56. The van der Waals surface area contributed by atoms with Crippen LogP contribution < -0.4 is 0 Å². The predicted octanol–water partition coefficient (Wildman–Crippen LogP) is 2.38. The Bertz CT molecular complexity index is 564. The lowest BCUT2D eigenvalue weighted by Crippen LogP contribution is -2.12. The molecule has 0 fully saturated rings. The van der Waals surface area contributed by atoms with E-state index < -0.39 is 10.8 Å². The summed E-state index contributed by atoms with van der Waals surface area (Å²) in [7, 11) is -1.31. The number of ketones is 1. The summed E-state index contributed by atoms with van der Waals surface area (Å²) in [6.45, 7) is 1.96. The third-order valence-electron chi connectivity index (χ3n) is 2.50. The van der Waals surface area contributed by atoms with Crippen LogP contribution in [0.5, 0.6) is 0 Å². The zero-order chi connectivity index (χ0) is 13.0. The number of Topliss-reactive ketones (excluding diaryl/α,β-unsaturated/α-hetero) is 1. The SMILES string of the molecule is Cc1ccc(S(=O)CC(=O)c2ccccn2)cc1. The molecule has 92 valence electrons. The van der Waals surface area contributed by atoms with Gasteiger partial charge in [0.2, 0.25) is 0 Å². The number of hydrogen-bond donors (Lipinski definition) is 0. The van der Waals surface area contributed by atoms with E-state index in [-0.39, 0.29) is 11.5 Å². The normalized spacial score (nSPS) is 12.1. The van der Waals surface area contributed by atoms with E-state index in [4.69, 9.17) is 0 Å². The van der Waals surface area contributed by atoms with Crippen LogP contribution in [0.3, 0.4) is 0 Å². The van der Waals surface area contributed by atoms with Gasteiger partial charge in [-0.3, -0.25) is 14.0 Å². The van der Waals surface area contributed by atoms with Crippen LogP contribution in [0.1, 0.15) is 16.1 Å². The molecule has 0 saturated carbocycles. The van der Waals surface area contributed by atoms with Gasteiger partial charge in [-0.15, -0.1) is 0 Å². The lowest BCUT2D eigenvalue weighted by atomic mass is 10.2. The van der Waals surface area contributed by atoms with Crippen LogP contribution in [0.25, 0.3) is 0 Å². The summed E-state index contributed by atoms with van der Waals surface area (Å²) >= 11 is 0. The van der Waals surface area contributed by atoms with E-state index in [2.05, 4.69) is 4.98 Å². The fourth-order valence-electron chi connectivity index (χ4n) is 1.49. The van der Waals surface area contributed by atoms with Crippen molar-refractivity contribution in [1.82, 2.24) is 4.98 Å². The van der Waals surface area contributed by atoms with Crippen molar-refractivity contribution in [3.05, 3.63) is 59.9 Å². The Labute approximate surface area is 108 Å². The van der Waals surface area contributed by atoms with Crippen molar-refractivity contribution in [3.63, 3.8) is 0 Å². The molecule has 2 rings (SSSR count). The molecule has 0 spiro atoms. The number of carbonyl (C=O) groups is 1. The first-order chi connectivity index (χ1) is 8.66. The summed E-state index contributed by atoms with van der Waals surface area (Å²) in [5.41, 5.74) is 1.46. The van der Waals surface area contributed by atoms with E-state index in [1.54, 1.807) is 36.5 Å². The van der Waals surface area contributed by atoms with Crippen molar-refractivity contribution >= 4 is 16.6 Å². The van der Waals surface area contributed by atoms with Gasteiger partial charge in [0, 0.05) is 11.1 Å². The molecular weight excluding hydrogens is 246 g/mol. The van der Waals surface area contributed by atoms with E-state index >= 15 is 0 Å². The summed E-state index contributed by atoms with van der Waals surface area (Å²) in [4.78, 5) is 16.5. The Kier molecular flexibility index (Phi) is 3.99. The molecule has 0 aliphatic heterocycles. The van der Waals surface area contributed by atoms with Gasteiger partial charge in [-0.05, 0) is 31.2 Å². The third-order valence-corrected chi connectivity index (χ3v) is 3.82. The minimum absolute atomic E-state index is 0.0277. The maximum absolute atomic E-state index is 12.0. The minimum Gasteiger partial charge on any atom is -0.291 e. The second-order valence-corrected chi connectivity index (χ2v) is 5.39. The van der Waals surface area contributed by atoms with Crippen molar-refractivity contribution in [2.45, 2.75) is 11.8 Å². The molecule has 0 amide bonds. The van der Waals surface area contributed by atoms with Gasteiger partial charge in [0.15, 0.2) is 5.78 Å². The molecule has 4 heteroatoms. The van der Waals surface area contributed by atoms with Gasteiger partial charge in [-0.2, -0.15) is 0 Å². The highest BCUT2D eigenvalue weighted by Gasteiger charge is 2.12. The molecule has 1 aromatic carbocycles. The van der Waals surface area contributed by atoms with Crippen LogP contribution in [-0.4, -0.2) is 20.7 Å². The highest BCUT2D eigenvalue weighted by Crippen LogP contribution is 2.09. The van der Waals surface area contributed by atoms with Crippen molar-refractivity contribution in [3.8, 4) is 0 Å². The van der Waals surface area contributed by atoms with Crippen molar-refractivity contribution in [2.75, 3.05) is 5.75 Å². The summed E-state index contributed by atoms with van der Waals surface area (Å²) < 4.78 is 12.0. The van der Waals surface area contributed by atoms with Crippen molar-refractivity contribution in [2.24, 2.45) is 0 Å². The second-order valence-electron chi connectivity index (χ2n) is 3.94. The minimum atomic E-state index is -1.31. The molecule has 1 heterocycles. The fourth-order valence-corrected chi connectivity index (χ4v) is 2.49. The van der Waals surface area contributed by atoms with Gasteiger partial charge in [0.25, 0.3) is 0 Å². The Balaban J connectivity index is 2.08. The third kappa shape index (κ3) is 3.11. The van der Waals surface area contributed by atoms with Gasteiger partial charge < -0.3 is 0 Å². The number of carbonyl (C=O) groups excluding carboxylic acids is 1. The average Bonchev–Trinajstić information content (AvgIpc) is 2.40. The Morgan fingerprint density at radius 3 is 2.50 bits per heavy atom. The number of nitrogens with zero attached hydrogens (tertiary/aromatic N) is 1. The highest BCUT2D eigenvalue weighted by molar-refractivity contribution is 7.85. The Hall–Kier alpha value is -1.81. The van der Waals surface area contributed by atoms with Gasteiger partial charge in [0.05, 0.1) is 16.6 Å². The number of aryl methyl sites for hydroxylation is 1. The summed E-state index contributed by atoms with van der Waals surface area (Å²) in [5.74, 6) is -0.227. The molecule has 0 aliphatic rings. The molecule has 1 aromatic heterocycles. The van der Waals surface area contributed by atoms with Crippen LogP contribution in [0.4, 0.5) is 0 Å². The topological polar surface area (TPSA) is 47.0 Å². The summed E-state index contributed by atoms with van der Waals surface area (Å²) in [5, 5.41) is 0. The van der Waals surface area contributed by atoms with Crippen LogP contribution in [0.2, 0.25) is 0 Å². The largest absolute Gasteiger partial charge is 0.291 e. The summed E-state index contributed by atoms with van der Waals surface area (Å²) in [6.07, 6.45) is 1.56. The fraction of sp³-hybridized carbons (Fsp3) is 0.143. The molecule has 18 heavy (non-hydrogen) atoms. The monoisotopic (exact) mass is 259 g/mol. The van der Waals surface area contributed by atoms with E-state index in [9.17, 15) is 9.00 Å². The zero-order valence-electron chi connectivity index (χ0n) is 10.00. The van der Waals surface area contributed by atoms with Crippen molar-refractivity contribution in [1.29, 1.82) is 0 Å². The highest BCUT2D eigenvalue weighted by atomic mass is 32.2. The lowest BCUT2D eigenvalue weighted by molar-refractivity contribution is 0.101. The molecule has 0 saturated heterocycles. The molecule has 0 N–H and O–H groups in total. The molecule has 2 aromatic rings. The maximum Gasteiger partial charge on any atom is 0.193 e. The van der Waals surface area contributed by atoms with Crippen LogP contribution in [0, 0.1) is 6.92 Å². The Morgan fingerprint density at radius 2 is 1.89 bits per heavy atom. The van der Waals surface area contributed by atoms with Crippen LogP contribution in [0.15, 0.2) is 53.6 Å². The van der Waals surface area contributed by atoms with E-state index in [1.807, 2.05) is 19.1 Å². The van der Waals surface area contributed by atoms with Gasteiger partial charge >= 0.3 is 0 Å². The molecule has 1 unspecified atom stereocenters. The van der Waals surface area contributed by atoms with E-state index in [0.717, 1.165) is 5.56 Å². The second kappa shape index (κ2) is 5.69. The standard InChI is InChI=1S/C14H13NO2S/c1-11-5-7-12(8-6-11)18(17)10-14(16)13-4-2-3-9-15-13/h2-9H,10H2,1H3. The molecule has 0 radical (unpaired) electrons. The number of benzene rings is 1. The molecular formula is C14H13NO2S. The maximum atomic E-state index is 12.0. The van der Waals surface area contributed by atoms with Gasteiger partial charge in [-0.1, -0.05) is 23.8 Å². The summed E-state index contributed by atoms with van der Waals surface area (Å²) in [6, 6.07) is 12.5. The van der Waals surface area contributed by atoms with Crippen LogP contribution in [-0.2, 0) is 10.8 Å². The first kappa shape index (κ1) is 12.6. The number of pyridine rings is 1. The van der Waals surface area contributed by atoms with E-state index in [0.29, 0.717) is 10.6 Å². The molecule has 0 bridgehead atoms.